The van der Waals surface area contributed by atoms with E-state index in [1.54, 1.807) is 0 Å². The Hall–Kier alpha value is -0.0800. The number of unbranched alkanes of at least 4 members (excludes halogenated alkanes) is 4. The van der Waals surface area contributed by atoms with Crippen molar-refractivity contribution in [1.29, 1.82) is 0 Å². The molecule has 0 aromatic rings. The van der Waals surface area contributed by atoms with Gasteiger partial charge < -0.3 is 9.80 Å². The molecular formula is C19H42N2. The van der Waals surface area contributed by atoms with Gasteiger partial charge in [-0.05, 0) is 77.8 Å². The summed E-state index contributed by atoms with van der Waals surface area (Å²) >= 11 is 0. The van der Waals surface area contributed by atoms with E-state index >= 15 is 0 Å². The average Bonchev–Trinajstić information content (AvgIpc) is 2.49. The molecule has 0 amide bonds. The average molecular weight is 299 g/mol. The van der Waals surface area contributed by atoms with E-state index in [1.165, 1.54) is 97.1 Å². The van der Waals surface area contributed by atoms with Gasteiger partial charge in [0.15, 0.2) is 0 Å². The van der Waals surface area contributed by atoms with Crippen LogP contribution in [0.5, 0.6) is 0 Å². The van der Waals surface area contributed by atoms with E-state index in [0.717, 1.165) is 0 Å². The van der Waals surface area contributed by atoms with Crippen molar-refractivity contribution in [1.82, 2.24) is 9.80 Å². The maximum absolute atomic E-state index is 2.70. The molecule has 0 saturated heterocycles. The largest absolute Gasteiger partial charge is 0.303 e. The predicted molar refractivity (Wildman–Crippen MR) is 97.1 cm³/mol. The molecule has 0 saturated carbocycles. The van der Waals surface area contributed by atoms with Crippen molar-refractivity contribution >= 4 is 0 Å². The molecule has 128 valence electrons. The van der Waals surface area contributed by atoms with Gasteiger partial charge in [-0.1, -0.05) is 47.0 Å². The summed E-state index contributed by atoms with van der Waals surface area (Å²) in [6.07, 6.45) is 12.1. The Morgan fingerprint density at radius 2 is 0.762 bits per heavy atom. The molecule has 0 rings (SSSR count). The monoisotopic (exact) mass is 298 g/mol. The fourth-order valence-electron chi connectivity index (χ4n) is 2.91. The SMILES string of the molecule is CCCCN(CCCC)CCCCCN(CCC)CCC. The van der Waals surface area contributed by atoms with Gasteiger partial charge in [-0.25, -0.2) is 0 Å². The molecule has 0 unspecified atom stereocenters. The van der Waals surface area contributed by atoms with Crippen LogP contribution in [0.2, 0.25) is 0 Å². The normalized spacial score (nSPS) is 11.7. The van der Waals surface area contributed by atoms with Crippen LogP contribution >= 0.6 is 0 Å². The fraction of sp³-hybridized carbons (Fsp3) is 1.00. The molecule has 0 radical (unpaired) electrons. The summed E-state index contributed by atoms with van der Waals surface area (Å²) in [5, 5.41) is 0. The van der Waals surface area contributed by atoms with Gasteiger partial charge in [0.2, 0.25) is 0 Å². The second-order valence-electron chi connectivity index (χ2n) is 6.45. The third kappa shape index (κ3) is 13.3. The third-order valence-corrected chi connectivity index (χ3v) is 4.18. The zero-order valence-electron chi connectivity index (χ0n) is 15.5. The molecule has 0 aromatic carbocycles. The molecule has 21 heavy (non-hydrogen) atoms. The van der Waals surface area contributed by atoms with Crippen molar-refractivity contribution in [3.8, 4) is 0 Å². The summed E-state index contributed by atoms with van der Waals surface area (Å²) in [4.78, 5) is 5.34. The fourth-order valence-corrected chi connectivity index (χ4v) is 2.91. The maximum Gasteiger partial charge on any atom is -0.00187 e. The second kappa shape index (κ2) is 16.3. The molecule has 0 fully saturated rings. The lowest BCUT2D eigenvalue weighted by Crippen LogP contribution is -2.28. The molecule has 0 bridgehead atoms. The quantitative estimate of drug-likeness (QED) is 0.362. The van der Waals surface area contributed by atoms with Crippen LogP contribution in [-0.4, -0.2) is 49.1 Å². The number of rotatable bonds is 16. The number of hydrogen-bond acceptors (Lipinski definition) is 2. The number of nitrogens with zero attached hydrogens (tertiary/aromatic N) is 2. The Morgan fingerprint density at radius 3 is 1.14 bits per heavy atom. The molecule has 0 aliphatic rings. The van der Waals surface area contributed by atoms with Crippen molar-refractivity contribution in [2.45, 2.75) is 85.5 Å². The molecule has 0 aromatic heterocycles. The summed E-state index contributed by atoms with van der Waals surface area (Å²) < 4.78 is 0. The molecule has 0 aliphatic heterocycles. The Morgan fingerprint density at radius 1 is 0.381 bits per heavy atom. The van der Waals surface area contributed by atoms with E-state index in [4.69, 9.17) is 0 Å². The van der Waals surface area contributed by atoms with Crippen molar-refractivity contribution in [3.05, 3.63) is 0 Å². The van der Waals surface area contributed by atoms with E-state index in [-0.39, 0.29) is 0 Å². The first-order valence-corrected chi connectivity index (χ1v) is 9.73. The molecular weight excluding hydrogens is 256 g/mol. The highest BCUT2D eigenvalue weighted by Crippen LogP contribution is 2.05. The minimum Gasteiger partial charge on any atom is -0.303 e. The van der Waals surface area contributed by atoms with E-state index in [1.807, 2.05) is 0 Å². The van der Waals surface area contributed by atoms with E-state index in [9.17, 15) is 0 Å². The summed E-state index contributed by atoms with van der Waals surface area (Å²) in [6.45, 7) is 17.0. The number of hydrogen-bond donors (Lipinski definition) is 0. The van der Waals surface area contributed by atoms with Crippen LogP contribution in [0.4, 0.5) is 0 Å². The zero-order chi connectivity index (χ0) is 15.8. The summed E-state index contributed by atoms with van der Waals surface area (Å²) in [5.74, 6) is 0. The minimum absolute atomic E-state index is 1.28. The van der Waals surface area contributed by atoms with Crippen molar-refractivity contribution in [3.63, 3.8) is 0 Å². The molecule has 0 atom stereocenters. The van der Waals surface area contributed by atoms with Gasteiger partial charge in [-0.15, -0.1) is 0 Å². The van der Waals surface area contributed by atoms with Gasteiger partial charge >= 0.3 is 0 Å². The molecule has 2 nitrogen and oxygen atoms in total. The van der Waals surface area contributed by atoms with Gasteiger partial charge in [-0.2, -0.15) is 0 Å². The maximum atomic E-state index is 2.70. The Balaban J connectivity index is 3.71. The van der Waals surface area contributed by atoms with Crippen LogP contribution in [0.3, 0.4) is 0 Å². The Kier molecular flexibility index (Phi) is 16.2. The molecule has 2 heteroatoms. The van der Waals surface area contributed by atoms with Gasteiger partial charge in [-0.3, -0.25) is 0 Å². The van der Waals surface area contributed by atoms with Crippen LogP contribution in [-0.2, 0) is 0 Å². The van der Waals surface area contributed by atoms with Crippen LogP contribution < -0.4 is 0 Å². The minimum atomic E-state index is 1.28. The predicted octanol–water partition coefficient (Wildman–Crippen LogP) is 5.18. The van der Waals surface area contributed by atoms with E-state index in [2.05, 4.69) is 37.5 Å². The first kappa shape index (κ1) is 20.9. The molecule has 0 aliphatic carbocycles. The zero-order valence-corrected chi connectivity index (χ0v) is 15.5. The van der Waals surface area contributed by atoms with Gasteiger partial charge in [0.1, 0.15) is 0 Å². The van der Waals surface area contributed by atoms with Gasteiger partial charge in [0.25, 0.3) is 0 Å². The first-order valence-electron chi connectivity index (χ1n) is 9.73. The van der Waals surface area contributed by atoms with Crippen LogP contribution in [0, 0.1) is 0 Å². The van der Waals surface area contributed by atoms with Crippen LogP contribution in [0.15, 0.2) is 0 Å². The standard InChI is InChI=1S/C19H42N2/c1-5-9-16-21(17-10-6-2)19-13-11-12-18-20(14-7-3)15-8-4/h5-19H2,1-4H3. The van der Waals surface area contributed by atoms with Crippen molar-refractivity contribution < 1.29 is 0 Å². The van der Waals surface area contributed by atoms with Gasteiger partial charge in [0.05, 0.1) is 0 Å². The van der Waals surface area contributed by atoms with Gasteiger partial charge in [0, 0.05) is 0 Å². The third-order valence-electron chi connectivity index (χ3n) is 4.18. The smallest absolute Gasteiger partial charge is 0.00187 e. The Bertz CT molecular complexity index is 180. The van der Waals surface area contributed by atoms with Crippen molar-refractivity contribution in [2.75, 3.05) is 39.3 Å². The van der Waals surface area contributed by atoms with E-state index in [0.29, 0.717) is 0 Å². The van der Waals surface area contributed by atoms with Crippen molar-refractivity contribution in [2.24, 2.45) is 0 Å². The lowest BCUT2D eigenvalue weighted by atomic mass is 10.2. The lowest BCUT2D eigenvalue weighted by molar-refractivity contribution is 0.246. The highest BCUT2D eigenvalue weighted by Gasteiger charge is 2.05. The molecule has 0 heterocycles. The summed E-state index contributed by atoms with van der Waals surface area (Å²) in [7, 11) is 0. The summed E-state index contributed by atoms with van der Waals surface area (Å²) in [6, 6.07) is 0. The van der Waals surface area contributed by atoms with Crippen LogP contribution in [0.25, 0.3) is 0 Å². The molecule has 0 N–H and O–H groups in total. The highest BCUT2D eigenvalue weighted by atomic mass is 15.1. The lowest BCUT2D eigenvalue weighted by Gasteiger charge is -2.23. The highest BCUT2D eigenvalue weighted by molar-refractivity contribution is 4.60. The van der Waals surface area contributed by atoms with Crippen LogP contribution in [0.1, 0.15) is 85.5 Å². The molecule has 0 spiro atoms. The Labute approximate surface area is 135 Å². The topological polar surface area (TPSA) is 6.48 Å². The first-order chi connectivity index (χ1) is 10.3. The van der Waals surface area contributed by atoms with E-state index < -0.39 is 0 Å². The second-order valence-corrected chi connectivity index (χ2v) is 6.45. The summed E-state index contributed by atoms with van der Waals surface area (Å²) in [5.41, 5.74) is 0.